The van der Waals surface area contributed by atoms with Gasteiger partial charge in [-0.3, -0.25) is 125 Å². The molecule has 4 rings (SSSR count). The SMILES string of the molecule is CC(C)[C@H](NC(=O)[C@H](CCC(=O)O)NC(=O)[C@H](CCC(=O)O)NC(=O)[C@H](C)NC(=O)[C@H](CCCCN)NC(=O)[C@H](CCC(=O)O)NC(=O)[C@@H](NC(=O)[C@H](CCC(=O)O)NC(=O)[C@@H]1CCCN1C(=O)[C@H](C)NC(=O)[C@@H]1CCCN1C(=O)[C@H](C)NC(=O)[C@H](CCC(=O)O)NC(=O)[C@@H]1CCCN1C(=O)[C@H](CCC(=O)O)NC(=O)[C@H](C)NC(=O)[C@@H]1CCCN1C(=O)[C@H](C)N)[C@@H](C)O)C(=O)N[C@@H](CCC(=O)O)C(=O)N[C@@H](CCCCN)C(=O)O. The Morgan fingerprint density at radius 1 is 0.255 bits per heavy atom. The van der Waals surface area contributed by atoms with Gasteiger partial charge in [-0.25, -0.2) is 4.79 Å². The molecule has 0 aromatic carbocycles. The molecule has 19 amide bonds. The molecule has 21 atom stereocenters. The maximum Gasteiger partial charge on any atom is 0.326 e. The number of nitrogens with one attached hydrogen (secondary N) is 15. The standard InChI is InChI=1S/C91H144N22O36/c1-43(2)70(85(142)104-54(26-33-66(121)122)78(135)107-58(91(148)149)18-10-12-38-93)108-79(136)55(27-34-67(123)124)101-76(133)52(24-31-64(117)118)99-72(129)45(4)95-74(131)50(17-9-11-37-92)100-77(134)53(25-32-65(119)120)105-86(143)71(49(8)114)109-80(137)56(28-35-68(125)126)103-83(140)61-21-15-41-112(61)89(146)48(7)98-82(139)60-20-14-40-111(60)88(145)47(6)97-75(132)51(23-30-63(115)116)102-84(141)62-22-16-42-113(62)90(147)57(29-36-69(127)128)106-73(130)46(5)96-81(138)59-19-13-39-110(59)87(144)44(3)94/h43-62,70-71,114H,9-42,92-94H2,1-8H3,(H,95,131)(H,96,138)(H,97,132)(H,98,139)(H,99,129)(H,100,134)(H,101,133)(H,102,141)(H,103,140)(H,104,142)(H,105,143)(H,106,130)(H,107,135)(H,108,136)(H,109,137)(H,115,116)(H,117,118)(H,119,120)(H,121,122)(H,123,124)(H,125,126)(H,127,128)(H,148,149)/t44-,45-,46-,47-,48-,49+,50-,51-,52-,53-,54-,55-,56-,57-,58-,59-,60-,61-,62-,70-,71-/m0/s1. The first-order valence-corrected chi connectivity index (χ1v) is 49.3. The molecule has 149 heavy (non-hydrogen) atoms. The lowest BCUT2D eigenvalue weighted by Gasteiger charge is -2.31. The Morgan fingerprint density at radius 2 is 0.490 bits per heavy atom. The fraction of sp³-hybridized carbons (Fsp3) is 0.703. The molecule has 0 aliphatic carbocycles. The Balaban J connectivity index is 1.48. The zero-order chi connectivity index (χ0) is 112. The van der Waals surface area contributed by atoms with E-state index < -0.39 is 383 Å². The lowest BCUT2D eigenvalue weighted by atomic mass is 10.0. The largest absolute Gasteiger partial charge is 0.481 e. The zero-order valence-electron chi connectivity index (χ0n) is 84.3. The number of hydrogen-bond donors (Lipinski definition) is 27. The minimum Gasteiger partial charge on any atom is -0.481 e. The van der Waals surface area contributed by atoms with Gasteiger partial charge < -0.3 is 163 Å². The molecule has 30 N–H and O–H groups in total. The van der Waals surface area contributed by atoms with E-state index in [0.717, 1.165) is 28.5 Å². The molecule has 0 aromatic rings. The molecule has 4 aliphatic rings. The van der Waals surface area contributed by atoms with Gasteiger partial charge in [0.1, 0.15) is 115 Å². The molecular formula is C91H144N22O36. The predicted octanol–water partition coefficient (Wildman–Crippen LogP) is -8.92. The molecule has 4 fully saturated rings. The summed E-state index contributed by atoms with van der Waals surface area (Å²) >= 11 is 0. The number of carboxylic acids is 8. The number of carboxylic acid groups (broad SMARTS) is 8. The second-order valence-electron chi connectivity index (χ2n) is 37.4. The smallest absolute Gasteiger partial charge is 0.326 e. The van der Waals surface area contributed by atoms with Crippen molar-refractivity contribution in [3.8, 4) is 0 Å². The molecule has 0 aromatic heterocycles. The Kier molecular flexibility index (Phi) is 53.3. The third-order valence-corrected chi connectivity index (χ3v) is 25.1. The van der Waals surface area contributed by atoms with Crippen LogP contribution in [0.2, 0.25) is 0 Å². The van der Waals surface area contributed by atoms with E-state index in [1.54, 1.807) is 0 Å². The third kappa shape index (κ3) is 42.0. The van der Waals surface area contributed by atoms with Crippen molar-refractivity contribution in [1.29, 1.82) is 0 Å². The summed E-state index contributed by atoms with van der Waals surface area (Å²) in [5.41, 5.74) is 17.0. The summed E-state index contributed by atoms with van der Waals surface area (Å²) in [5.74, 6) is -32.8. The van der Waals surface area contributed by atoms with Crippen molar-refractivity contribution in [2.75, 3.05) is 39.3 Å². The van der Waals surface area contributed by atoms with Crippen molar-refractivity contribution in [1.82, 2.24) is 99.4 Å². The summed E-state index contributed by atoms with van der Waals surface area (Å²) in [4.78, 5) is 366. The molecule has 834 valence electrons. The molecule has 4 aliphatic heterocycles. The minimum atomic E-state index is -2.15. The Labute approximate surface area is 855 Å². The van der Waals surface area contributed by atoms with Crippen LogP contribution in [0.15, 0.2) is 0 Å². The number of hydrogen-bond acceptors (Lipinski definition) is 31. The van der Waals surface area contributed by atoms with E-state index in [4.69, 9.17) is 17.2 Å². The Bertz CT molecular complexity index is 4810. The molecule has 4 saturated heterocycles. The summed E-state index contributed by atoms with van der Waals surface area (Å²) in [5, 5.41) is 124. The Hall–Kier alpha value is -14.5. The molecule has 0 spiro atoms. The van der Waals surface area contributed by atoms with Crippen molar-refractivity contribution >= 4 is 160 Å². The van der Waals surface area contributed by atoms with Crippen molar-refractivity contribution in [3.05, 3.63) is 0 Å². The highest BCUT2D eigenvalue weighted by atomic mass is 16.4. The fourth-order valence-corrected chi connectivity index (χ4v) is 16.8. The number of likely N-dealkylation sites (tertiary alicyclic amines) is 4. The number of aliphatic hydroxyl groups is 1. The van der Waals surface area contributed by atoms with Gasteiger partial charge in [0.15, 0.2) is 0 Å². The lowest BCUT2D eigenvalue weighted by molar-refractivity contribution is -0.145. The summed E-state index contributed by atoms with van der Waals surface area (Å²) in [6, 6.07) is -31.9. The van der Waals surface area contributed by atoms with E-state index in [9.17, 15) is 175 Å². The number of carbonyl (C=O) groups is 27. The van der Waals surface area contributed by atoms with E-state index in [-0.39, 0.29) is 116 Å². The summed E-state index contributed by atoms with van der Waals surface area (Å²) in [6.07, 6.45) is -10.6. The van der Waals surface area contributed by atoms with Crippen LogP contribution in [0.3, 0.4) is 0 Å². The van der Waals surface area contributed by atoms with Gasteiger partial charge in [-0.05, 0) is 195 Å². The molecule has 58 heteroatoms. The molecule has 0 saturated carbocycles. The van der Waals surface area contributed by atoms with Gasteiger partial charge in [-0.1, -0.05) is 13.8 Å². The maximum atomic E-state index is 14.4. The number of nitrogens with two attached hydrogens (primary N) is 3. The Morgan fingerprint density at radius 3 is 0.812 bits per heavy atom. The molecule has 4 heterocycles. The number of unbranched alkanes of at least 4 members (excludes halogenated alkanes) is 2. The first-order chi connectivity index (χ1) is 69.9. The number of nitrogens with zero attached hydrogens (tertiary/aromatic N) is 4. The van der Waals surface area contributed by atoms with Crippen molar-refractivity contribution < 1.29 is 175 Å². The number of carbonyl (C=O) groups excluding carboxylic acids is 19. The van der Waals surface area contributed by atoms with E-state index in [2.05, 4.69) is 79.8 Å². The van der Waals surface area contributed by atoms with E-state index in [1.165, 1.54) is 46.4 Å². The van der Waals surface area contributed by atoms with Crippen LogP contribution < -0.4 is 97.0 Å². The number of aliphatic hydroxyl groups excluding tert-OH is 1. The van der Waals surface area contributed by atoms with E-state index in [0.29, 0.717) is 12.8 Å². The van der Waals surface area contributed by atoms with Crippen LogP contribution >= 0.6 is 0 Å². The van der Waals surface area contributed by atoms with Gasteiger partial charge >= 0.3 is 47.8 Å². The van der Waals surface area contributed by atoms with E-state index >= 15 is 0 Å². The van der Waals surface area contributed by atoms with Crippen molar-refractivity contribution in [2.45, 2.75) is 362 Å². The molecule has 0 radical (unpaired) electrons. The highest BCUT2D eigenvalue weighted by Crippen LogP contribution is 2.26. The van der Waals surface area contributed by atoms with Crippen molar-refractivity contribution in [3.63, 3.8) is 0 Å². The highest BCUT2D eigenvalue weighted by Gasteiger charge is 2.47. The molecule has 0 bridgehead atoms. The number of amides is 19. The van der Waals surface area contributed by atoms with Crippen LogP contribution in [0.25, 0.3) is 0 Å². The van der Waals surface area contributed by atoms with Crippen LogP contribution in [0.5, 0.6) is 0 Å². The fourth-order valence-electron chi connectivity index (χ4n) is 16.8. The first-order valence-electron chi connectivity index (χ1n) is 49.3. The number of aliphatic carboxylic acids is 8. The lowest BCUT2D eigenvalue weighted by Crippen LogP contribution is -2.62. The molecule has 58 nitrogen and oxygen atoms in total. The topological polar surface area (TPSA) is 914 Å². The van der Waals surface area contributed by atoms with Gasteiger partial charge in [-0.2, -0.15) is 0 Å². The zero-order valence-corrected chi connectivity index (χ0v) is 84.3. The molecular weight excluding hydrogens is 1980 g/mol. The summed E-state index contributed by atoms with van der Waals surface area (Å²) in [7, 11) is 0. The number of rotatable bonds is 66. The average molecular weight is 2120 g/mol. The van der Waals surface area contributed by atoms with Gasteiger partial charge in [0.2, 0.25) is 112 Å². The average Bonchev–Trinajstić information content (AvgIpc) is 1.70. The van der Waals surface area contributed by atoms with Crippen LogP contribution in [-0.2, 0) is 129 Å². The van der Waals surface area contributed by atoms with Gasteiger partial charge in [0, 0.05) is 71.1 Å². The van der Waals surface area contributed by atoms with Crippen LogP contribution in [0.4, 0.5) is 0 Å². The van der Waals surface area contributed by atoms with Gasteiger partial charge in [0.25, 0.3) is 0 Å². The van der Waals surface area contributed by atoms with Crippen LogP contribution in [-0.4, -0.2) is 392 Å². The van der Waals surface area contributed by atoms with E-state index in [1.807, 2.05) is 0 Å². The second-order valence-corrected chi connectivity index (χ2v) is 37.4. The predicted molar refractivity (Wildman–Crippen MR) is 512 cm³/mol. The minimum absolute atomic E-state index is 0.00137. The first kappa shape index (κ1) is 127. The molecule has 0 unspecified atom stereocenters. The third-order valence-electron chi connectivity index (χ3n) is 25.1. The summed E-state index contributed by atoms with van der Waals surface area (Å²) < 4.78 is 0. The highest BCUT2D eigenvalue weighted by molar-refractivity contribution is 6.03. The second kappa shape index (κ2) is 62.6. The quantitative estimate of drug-likeness (QED) is 0.0252. The van der Waals surface area contributed by atoms with Crippen LogP contribution in [0, 0.1) is 5.92 Å². The normalized spacial score (nSPS) is 18.7. The summed E-state index contributed by atoms with van der Waals surface area (Å²) in [6.45, 7) is 10.1. The van der Waals surface area contributed by atoms with Crippen LogP contribution in [0.1, 0.15) is 235 Å². The van der Waals surface area contributed by atoms with Gasteiger partial charge in [0.05, 0.1) is 12.1 Å². The maximum absolute atomic E-state index is 14.4. The van der Waals surface area contributed by atoms with Crippen molar-refractivity contribution in [2.24, 2.45) is 23.1 Å². The monoisotopic (exact) mass is 2120 g/mol. The van der Waals surface area contributed by atoms with Gasteiger partial charge in [-0.15, -0.1) is 0 Å².